The number of hydrogen-bond acceptors (Lipinski definition) is 0. The number of rotatable bonds is 2. The molecule has 0 aliphatic carbocycles. The zero-order chi connectivity index (χ0) is 13.3. The predicted molar refractivity (Wildman–Crippen MR) is 82.9 cm³/mol. The quantitative estimate of drug-likeness (QED) is 0.617. The molecule has 0 bridgehead atoms. The van der Waals surface area contributed by atoms with Crippen LogP contribution < -0.4 is 0 Å². The van der Waals surface area contributed by atoms with Crippen molar-refractivity contribution >= 4 is 27.5 Å². The van der Waals surface area contributed by atoms with Crippen LogP contribution in [0.3, 0.4) is 0 Å². The molecule has 2 aromatic rings. The average molecular weight is 324 g/mol. The normalized spacial score (nSPS) is 12.5. The molecule has 0 fully saturated rings. The maximum atomic E-state index is 6.18. The molecule has 2 rings (SSSR count). The van der Waals surface area contributed by atoms with Crippen LogP contribution in [0.25, 0.3) is 0 Å². The molecule has 0 aliphatic heterocycles. The van der Waals surface area contributed by atoms with Gasteiger partial charge in [-0.25, -0.2) is 0 Å². The highest BCUT2D eigenvalue weighted by molar-refractivity contribution is 9.09. The summed E-state index contributed by atoms with van der Waals surface area (Å²) in [5.41, 5.74) is 6.27. The van der Waals surface area contributed by atoms with E-state index in [-0.39, 0.29) is 4.83 Å². The molecule has 0 saturated carbocycles. The Morgan fingerprint density at radius 3 is 2.39 bits per heavy atom. The summed E-state index contributed by atoms with van der Waals surface area (Å²) in [7, 11) is 0. The Balaban J connectivity index is 2.44. The number of aryl methyl sites for hydroxylation is 2. The number of halogens is 2. The minimum absolute atomic E-state index is 0.190. The van der Waals surface area contributed by atoms with E-state index in [9.17, 15) is 0 Å². The summed E-state index contributed by atoms with van der Waals surface area (Å²) in [5.74, 6) is 0. The lowest BCUT2D eigenvalue weighted by Gasteiger charge is -2.15. The second-order valence-corrected chi connectivity index (χ2v) is 5.98. The van der Waals surface area contributed by atoms with Crippen molar-refractivity contribution in [2.75, 3.05) is 0 Å². The third-order valence-electron chi connectivity index (χ3n) is 3.41. The van der Waals surface area contributed by atoms with Gasteiger partial charge in [0.15, 0.2) is 0 Å². The van der Waals surface area contributed by atoms with E-state index in [0.29, 0.717) is 0 Å². The van der Waals surface area contributed by atoms with Crippen LogP contribution in [0, 0.1) is 20.8 Å². The number of benzene rings is 2. The Hall–Kier alpha value is -0.790. The Bertz CT molecular complexity index is 575. The zero-order valence-corrected chi connectivity index (χ0v) is 13.1. The van der Waals surface area contributed by atoms with Crippen molar-refractivity contribution in [3.63, 3.8) is 0 Å². The molecule has 0 spiro atoms. The fourth-order valence-electron chi connectivity index (χ4n) is 2.00. The fraction of sp³-hybridized carbons (Fsp3) is 0.250. The van der Waals surface area contributed by atoms with E-state index < -0.39 is 0 Å². The monoisotopic (exact) mass is 322 g/mol. The van der Waals surface area contributed by atoms with Gasteiger partial charge in [0.1, 0.15) is 0 Å². The lowest BCUT2D eigenvalue weighted by atomic mass is 9.98. The lowest BCUT2D eigenvalue weighted by Crippen LogP contribution is -1.97. The summed E-state index contributed by atoms with van der Waals surface area (Å²) in [6, 6.07) is 12.6. The molecule has 0 aromatic heterocycles. The van der Waals surface area contributed by atoms with Gasteiger partial charge < -0.3 is 0 Å². The number of alkyl halides is 1. The van der Waals surface area contributed by atoms with Crippen LogP contribution in [0.5, 0.6) is 0 Å². The largest absolute Gasteiger partial charge is 0.0840 e. The second kappa shape index (κ2) is 5.46. The van der Waals surface area contributed by atoms with Crippen molar-refractivity contribution in [3.8, 4) is 0 Å². The maximum Gasteiger partial charge on any atom is 0.0647 e. The summed E-state index contributed by atoms with van der Waals surface area (Å²) in [6.07, 6.45) is 0. The Kier molecular flexibility index (Phi) is 4.14. The molecule has 2 aromatic carbocycles. The minimum Gasteiger partial charge on any atom is -0.0840 e. The first-order valence-corrected chi connectivity index (χ1v) is 7.26. The molecule has 94 valence electrons. The van der Waals surface area contributed by atoms with Crippen molar-refractivity contribution in [1.29, 1.82) is 0 Å². The van der Waals surface area contributed by atoms with Crippen LogP contribution in [-0.4, -0.2) is 0 Å². The fourth-order valence-corrected chi connectivity index (χ4v) is 2.96. The molecule has 1 unspecified atom stereocenters. The molecule has 0 nitrogen and oxygen atoms in total. The molecule has 1 atom stereocenters. The van der Waals surface area contributed by atoms with Gasteiger partial charge in [-0.15, -0.1) is 0 Å². The van der Waals surface area contributed by atoms with Gasteiger partial charge in [-0.05, 0) is 54.7 Å². The summed E-state index contributed by atoms with van der Waals surface area (Å²) >= 11 is 9.96. The zero-order valence-electron chi connectivity index (χ0n) is 10.8. The third-order valence-corrected chi connectivity index (χ3v) is 4.84. The van der Waals surface area contributed by atoms with Gasteiger partial charge >= 0.3 is 0 Å². The summed E-state index contributed by atoms with van der Waals surface area (Å²) in [5, 5.41) is 0.820. The molecule has 0 N–H and O–H groups in total. The van der Waals surface area contributed by atoms with Gasteiger partial charge in [-0.3, -0.25) is 0 Å². The van der Waals surface area contributed by atoms with Crippen LogP contribution in [-0.2, 0) is 0 Å². The summed E-state index contributed by atoms with van der Waals surface area (Å²) < 4.78 is 0. The van der Waals surface area contributed by atoms with Crippen LogP contribution in [0.2, 0.25) is 5.02 Å². The van der Waals surface area contributed by atoms with Crippen molar-refractivity contribution < 1.29 is 0 Å². The molecule has 0 amide bonds. The molecule has 0 radical (unpaired) electrons. The molecular formula is C16H16BrCl. The molecule has 0 aliphatic rings. The molecule has 18 heavy (non-hydrogen) atoms. The van der Waals surface area contributed by atoms with Crippen molar-refractivity contribution in [1.82, 2.24) is 0 Å². The van der Waals surface area contributed by atoms with Crippen LogP contribution in [0.15, 0.2) is 36.4 Å². The van der Waals surface area contributed by atoms with Gasteiger partial charge in [0.2, 0.25) is 0 Å². The first-order chi connectivity index (χ1) is 8.50. The van der Waals surface area contributed by atoms with Gasteiger partial charge in [0.05, 0.1) is 4.83 Å². The van der Waals surface area contributed by atoms with Gasteiger partial charge in [-0.1, -0.05) is 57.9 Å². The van der Waals surface area contributed by atoms with Crippen molar-refractivity contribution in [3.05, 3.63) is 69.2 Å². The van der Waals surface area contributed by atoms with E-state index in [1.807, 2.05) is 12.1 Å². The second-order valence-electron chi connectivity index (χ2n) is 4.66. The first-order valence-electron chi connectivity index (χ1n) is 5.97. The van der Waals surface area contributed by atoms with Gasteiger partial charge in [0.25, 0.3) is 0 Å². The van der Waals surface area contributed by atoms with Crippen LogP contribution in [0.4, 0.5) is 0 Å². The Labute approximate surface area is 122 Å². The van der Waals surface area contributed by atoms with E-state index in [0.717, 1.165) is 10.6 Å². The molecular weight excluding hydrogens is 308 g/mol. The van der Waals surface area contributed by atoms with E-state index in [1.165, 1.54) is 22.3 Å². The van der Waals surface area contributed by atoms with Gasteiger partial charge in [0, 0.05) is 5.02 Å². The van der Waals surface area contributed by atoms with Gasteiger partial charge in [-0.2, -0.15) is 0 Å². The topological polar surface area (TPSA) is 0 Å². The Morgan fingerprint density at radius 2 is 1.72 bits per heavy atom. The first kappa shape index (κ1) is 13.6. The molecule has 0 saturated heterocycles. The van der Waals surface area contributed by atoms with Crippen molar-refractivity contribution in [2.45, 2.75) is 25.6 Å². The van der Waals surface area contributed by atoms with Crippen LogP contribution >= 0.6 is 27.5 Å². The van der Waals surface area contributed by atoms with E-state index in [4.69, 9.17) is 11.6 Å². The Morgan fingerprint density at radius 1 is 1.00 bits per heavy atom. The van der Waals surface area contributed by atoms with E-state index in [2.05, 4.69) is 61.0 Å². The maximum absolute atomic E-state index is 6.18. The predicted octanol–water partition coefficient (Wildman–Crippen LogP) is 5.75. The third kappa shape index (κ3) is 2.62. The highest BCUT2D eigenvalue weighted by Gasteiger charge is 2.14. The standard InChI is InChI=1S/C16H16BrCl/c1-10-7-8-13(9-11(10)2)16(17)14-5-4-6-15(18)12(14)3/h4-9,16H,1-3H3. The average Bonchev–Trinajstić information content (AvgIpc) is 2.35. The molecule has 0 heterocycles. The van der Waals surface area contributed by atoms with E-state index in [1.54, 1.807) is 0 Å². The van der Waals surface area contributed by atoms with Crippen LogP contribution in [0.1, 0.15) is 32.6 Å². The smallest absolute Gasteiger partial charge is 0.0647 e. The summed E-state index contributed by atoms with van der Waals surface area (Å²) in [4.78, 5) is 0.190. The van der Waals surface area contributed by atoms with E-state index >= 15 is 0 Å². The van der Waals surface area contributed by atoms with Crippen molar-refractivity contribution in [2.24, 2.45) is 0 Å². The highest BCUT2D eigenvalue weighted by atomic mass is 79.9. The minimum atomic E-state index is 0.190. The SMILES string of the molecule is Cc1ccc(C(Br)c2cccc(Cl)c2C)cc1C. The lowest BCUT2D eigenvalue weighted by molar-refractivity contribution is 1.13. The number of hydrogen-bond donors (Lipinski definition) is 0. The molecule has 2 heteroatoms. The highest BCUT2D eigenvalue weighted by Crippen LogP contribution is 2.35. The summed E-state index contributed by atoms with van der Waals surface area (Å²) in [6.45, 7) is 6.34.